The second kappa shape index (κ2) is 8.61. The number of carbonyl (C=O) groups is 1. The van der Waals surface area contributed by atoms with E-state index >= 15 is 0 Å². The van der Waals surface area contributed by atoms with Gasteiger partial charge in [0.25, 0.3) is 5.91 Å². The van der Waals surface area contributed by atoms with Crippen LogP contribution in [0.25, 0.3) is 11.3 Å². The predicted molar refractivity (Wildman–Crippen MR) is 122 cm³/mol. The molecule has 0 bridgehead atoms. The first kappa shape index (κ1) is 20.5. The largest absolute Gasteiger partial charge is 0.497 e. The molecule has 2 fully saturated rings. The van der Waals surface area contributed by atoms with Gasteiger partial charge in [0.1, 0.15) is 5.75 Å². The van der Waals surface area contributed by atoms with E-state index in [9.17, 15) is 4.79 Å². The molecule has 0 saturated carbocycles. The van der Waals surface area contributed by atoms with Gasteiger partial charge in [0.2, 0.25) is 5.95 Å². The maximum atomic E-state index is 13.4. The number of likely N-dealkylation sites (tertiary alicyclic amines) is 1. The molecule has 0 radical (unpaired) electrons. The molecule has 0 aliphatic carbocycles. The van der Waals surface area contributed by atoms with E-state index < -0.39 is 0 Å². The molecule has 1 amide bonds. The van der Waals surface area contributed by atoms with Crippen LogP contribution >= 0.6 is 0 Å². The molecule has 2 aliphatic heterocycles. The van der Waals surface area contributed by atoms with Gasteiger partial charge in [-0.15, -0.1) is 0 Å². The van der Waals surface area contributed by atoms with Crippen LogP contribution in [0.2, 0.25) is 0 Å². The Morgan fingerprint density at radius 3 is 2.78 bits per heavy atom. The van der Waals surface area contributed by atoms with E-state index in [2.05, 4.69) is 9.88 Å². The highest BCUT2D eigenvalue weighted by molar-refractivity contribution is 5.95. The molecule has 1 aromatic carbocycles. The number of hydrogen-bond acceptors (Lipinski definition) is 6. The van der Waals surface area contributed by atoms with Crippen LogP contribution in [0.5, 0.6) is 5.75 Å². The van der Waals surface area contributed by atoms with E-state index in [0.717, 1.165) is 48.8 Å². The van der Waals surface area contributed by atoms with Crippen molar-refractivity contribution in [2.75, 3.05) is 31.6 Å². The Labute approximate surface area is 187 Å². The molecule has 166 valence electrons. The first-order valence-electron chi connectivity index (χ1n) is 11.2. The highest BCUT2D eigenvalue weighted by Gasteiger charge is 2.34. The van der Waals surface area contributed by atoms with Crippen LogP contribution < -0.4 is 9.64 Å². The minimum absolute atomic E-state index is 0.00319. The summed E-state index contributed by atoms with van der Waals surface area (Å²) in [6.45, 7) is 2.70. The average molecular weight is 433 g/mol. The molecular formula is C24H28N6O2. The van der Waals surface area contributed by atoms with Crippen molar-refractivity contribution in [1.29, 1.82) is 0 Å². The molecular weight excluding hydrogens is 404 g/mol. The van der Waals surface area contributed by atoms with Gasteiger partial charge in [-0.25, -0.2) is 9.97 Å². The van der Waals surface area contributed by atoms with Gasteiger partial charge in [-0.3, -0.25) is 9.48 Å². The second-order valence-corrected chi connectivity index (χ2v) is 8.43. The van der Waals surface area contributed by atoms with Gasteiger partial charge in [-0.05, 0) is 49.9 Å². The number of hydrogen-bond donors (Lipinski definition) is 0. The van der Waals surface area contributed by atoms with Crippen LogP contribution in [0, 0.1) is 0 Å². The van der Waals surface area contributed by atoms with Crippen molar-refractivity contribution in [3.8, 4) is 17.0 Å². The molecule has 2 aromatic heterocycles. The topological polar surface area (TPSA) is 76.4 Å². The van der Waals surface area contributed by atoms with Crippen LogP contribution in [-0.2, 0) is 7.05 Å². The summed E-state index contributed by atoms with van der Waals surface area (Å²) >= 11 is 0. The Kier molecular flexibility index (Phi) is 5.51. The summed E-state index contributed by atoms with van der Waals surface area (Å²) in [6, 6.07) is 9.18. The number of aromatic nitrogens is 4. The van der Waals surface area contributed by atoms with Gasteiger partial charge < -0.3 is 14.5 Å². The highest BCUT2D eigenvalue weighted by Crippen LogP contribution is 2.37. The number of rotatable bonds is 5. The lowest BCUT2D eigenvalue weighted by molar-refractivity contribution is 0.0732. The molecule has 0 N–H and O–H groups in total. The molecule has 5 rings (SSSR count). The fourth-order valence-corrected chi connectivity index (χ4v) is 4.73. The van der Waals surface area contributed by atoms with Crippen LogP contribution in [0.3, 0.4) is 0 Å². The molecule has 1 atom stereocenters. The summed E-state index contributed by atoms with van der Waals surface area (Å²) in [5, 5.41) is 4.78. The minimum atomic E-state index is -0.0879. The fourth-order valence-electron chi connectivity index (χ4n) is 4.73. The smallest absolute Gasteiger partial charge is 0.254 e. The normalized spacial score (nSPS) is 18.4. The zero-order chi connectivity index (χ0) is 22.1. The van der Waals surface area contributed by atoms with E-state index in [1.807, 2.05) is 53.3 Å². The summed E-state index contributed by atoms with van der Waals surface area (Å²) in [5.74, 6) is 1.45. The van der Waals surface area contributed by atoms with Gasteiger partial charge in [0.15, 0.2) is 0 Å². The average Bonchev–Trinajstić information content (AvgIpc) is 3.59. The molecule has 32 heavy (non-hydrogen) atoms. The zero-order valence-electron chi connectivity index (χ0n) is 18.6. The summed E-state index contributed by atoms with van der Waals surface area (Å²) in [4.78, 5) is 26.9. The van der Waals surface area contributed by atoms with Crippen molar-refractivity contribution >= 4 is 11.9 Å². The number of benzene rings is 1. The minimum Gasteiger partial charge on any atom is -0.497 e. The Balaban J connectivity index is 1.47. The van der Waals surface area contributed by atoms with Crippen LogP contribution in [0.1, 0.15) is 47.8 Å². The van der Waals surface area contributed by atoms with Crippen molar-refractivity contribution in [3.63, 3.8) is 0 Å². The number of methoxy groups -OCH3 is 1. The summed E-state index contributed by atoms with van der Waals surface area (Å²) in [6.07, 6.45) is 7.99. The molecule has 8 nitrogen and oxygen atoms in total. The van der Waals surface area contributed by atoms with Crippen molar-refractivity contribution < 1.29 is 9.53 Å². The van der Waals surface area contributed by atoms with Gasteiger partial charge in [-0.2, -0.15) is 5.10 Å². The number of anilines is 1. The third-order valence-corrected chi connectivity index (χ3v) is 6.31. The molecule has 2 aliphatic rings. The lowest BCUT2D eigenvalue weighted by Crippen LogP contribution is -2.31. The Morgan fingerprint density at radius 1 is 1.12 bits per heavy atom. The van der Waals surface area contributed by atoms with Gasteiger partial charge >= 0.3 is 0 Å². The number of ether oxygens (including phenoxy) is 1. The number of amides is 1. The molecule has 4 heterocycles. The van der Waals surface area contributed by atoms with Gasteiger partial charge in [0.05, 0.1) is 24.5 Å². The van der Waals surface area contributed by atoms with E-state index in [0.29, 0.717) is 17.9 Å². The molecule has 3 aromatic rings. The third kappa shape index (κ3) is 3.81. The standard InChI is InChI=1S/C24H28N6O2/c1-28-16-19(20-10-11-25-24(26-20)29-12-3-4-13-29)22(27-28)21-9-6-14-30(21)23(31)17-7-5-8-18(15-17)32-2/h5,7-8,10-11,15-16,21H,3-4,6,9,12-14H2,1-2H3. The lowest BCUT2D eigenvalue weighted by atomic mass is 10.0. The van der Waals surface area contributed by atoms with Crippen LogP contribution in [0.15, 0.2) is 42.7 Å². The quantitative estimate of drug-likeness (QED) is 0.615. The SMILES string of the molecule is COc1cccc(C(=O)N2CCCC2c2nn(C)cc2-c2ccnc(N3CCCC3)n2)c1. The van der Waals surface area contributed by atoms with Crippen LogP contribution in [0.4, 0.5) is 5.95 Å². The summed E-state index contributed by atoms with van der Waals surface area (Å²) < 4.78 is 7.12. The Morgan fingerprint density at radius 2 is 1.97 bits per heavy atom. The first-order valence-corrected chi connectivity index (χ1v) is 11.2. The van der Waals surface area contributed by atoms with E-state index in [1.165, 1.54) is 12.8 Å². The molecule has 8 heteroatoms. The first-order chi connectivity index (χ1) is 15.6. The third-order valence-electron chi connectivity index (χ3n) is 6.31. The second-order valence-electron chi connectivity index (χ2n) is 8.43. The summed E-state index contributed by atoms with van der Waals surface area (Å²) in [7, 11) is 3.53. The molecule has 2 saturated heterocycles. The monoisotopic (exact) mass is 432 g/mol. The Hall–Kier alpha value is -3.42. The summed E-state index contributed by atoms with van der Waals surface area (Å²) in [5.41, 5.74) is 3.34. The Bertz CT molecular complexity index is 1120. The zero-order valence-corrected chi connectivity index (χ0v) is 18.6. The number of nitrogens with zero attached hydrogens (tertiary/aromatic N) is 6. The molecule has 0 spiro atoms. The number of aryl methyl sites for hydroxylation is 1. The van der Waals surface area contributed by atoms with E-state index in [4.69, 9.17) is 14.8 Å². The van der Waals surface area contributed by atoms with E-state index in [1.54, 1.807) is 13.2 Å². The molecule has 1 unspecified atom stereocenters. The van der Waals surface area contributed by atoms with Crippen molar-refractivity contribution in [2.24, 2.45) is 7.05 Å². The van der Waals surface area contributed by atoms with E-state index in [-0.39, 0.29) is 11.9 Å². The van der Waals surface area contributed by atoms with Crippen LogP contribution in [-0.4, -0.2) is 57.3 Å². The lowest BCUT2D eigenvalue weighted by Gasteiger charge is -2.24. The van der Waals surface area contributed by atoms with Gasteiger partial charge in [-0.1, -0.05) is 6.07 Å². The maximum Gasteiger partial charge on any atom is 0.254 e. The number of carbonyl (C=O) groups excluding carboxylic acids is 1. The maximum absolute atomic E-state index is 13.4. The fraction of sp³-hybridized carbons (Fsp3) is 0.417. The predicted octanol–water partition coefficient (Wildman–Crippen LogP) is 3.46. The van der Waals surface area contributed by atoms with Crippen molar-refractivity contribution in [2.45, 2.75) is 31.7 Å². The highest BCUT2D eigenvalue weighted by atomic mass is 16.5. The van der Waals surface area contributed by atoms with Crippen molar-refractivity contribution in [3.05, 3.63) is 54.0 Å². The van der Waals surface area contributed by atoms with Crippen molar-refractivity contribution in [1.82, 2.24) is 24.6 Å². The van der Waals surface area contributed by atoms with Gasteiger partial charge in [0, 0.05) is 50.2 Å².